The third-order valence-electron chi connectivity index (χ3n) is 7.38. The predicted octanol–water partition coefficient (Wildman–Crippen LogP) is 1.11. The smallest absolute Gasteiger partial charge is 0.0380 e. The van der Waals surface area contributed by atoms with Gasteiger partial charge in [-0.3, -0.25) is 4.90 Å². The van der Waals surface area contributed by atoms with Crippen molar-refractivity contribution < 1.29 is 0 Å². The fraction of sp³-hybridized carbons (Fsp3) is 1.00. The van der Waals surface area contributed by atoms with Crippen LogP contribution < -0.4 is 0 Å². The molecule has 3 aliphatic heterocycles. The van der Waals surface area contributed by atoms with Crippen LogP contribution in [0.1, 0.15) is 32.1 Å². The molecule has 5 heteroatoms. The van der Waals surface area contributed by atoms with E-state index in [0.29, 0.717) is 18.1 Å². The van der Waals surface area contributed by atoms with Gasteiger partial charge in [0.1, 0.15) is 0 Å². The molecule has 3 rings (SSSR count). The van der Waals surface area contributed by atoms with Gasteiger partial charge in [0.2, 0.25) is 0 Å². The zero-order valence-corrected chi connectivity index (χ0v) is 17.5. The summed E-state index contributed by atoms with van der Waals surface area (Å²) in [5.41, 5.74) is 0. The summed E-state index contributed by atoms with van der Waals surface area (Å²) in [5, 5.41) is 0. The van der Waals surface area contributed by atoms with Gasteiger partial charge in [-0.1, -0.05) is 6.42 Å². The van der Waals surface area contributed by atoms with Crippen LogP contribution in [0, 0.1) is 0 Å². The van der Waals surface area contributed by atoms with Gasteiger partial charge in [0.05, 0.1) is 0 Å². The quantitative estimate of drug-likeness (QED) is 0.755. The van der Waals surface area contributed by atoms with Crippen molar-refractivity contribution in [2.45, 2.75) is 62.3 Å². The van der Waals surface area contributed by atoms with Crippen LogP contribution in [0.3, 0.4) is 0 Å². The van der Waals surface area contributed by atoms with Gasteiger partial charge in [0.15, 0.2) is 0 Å². The van der Waals surface area contributed by atoms with Crippen LogP contribution >= 0.6 is 0 Å². The first-order valence-corrected chi connectivity index (χ1v) is 10.4. The lowest BCUT2D eigenvalue weighted by molar-refractivity contribution is -0.0443. The van der Waals surface area contributed by atoms with Gasteiger partial charge < -0.3 is 19.6 Å². The Balaban J connectivity index is 1.75. The second-order valence-corrected chi connectivity index (χ2v) is 9.25. The Kier molecular flexibility index (Phi) is 6.43. The molecule has 3 fully saturated rings. The minimum atomic E-state index is 0.645. The number of likely N-dealkylation sites (N-methyl/N-ethyl adjacent to an activating group) is 4. The van der Waals surface area contributed by atoms with E-state index in [-0.39, 0.29) is 0 Å². The Bertz CT molecular complexity index is 428. The molecule has 0 aromatic heterocycles. The van der Waals surface area contributed by atoms with E-state index in [1.807, 2.05) is 0 Å². The van der Waals surface area contributed by atoms with E-state index >= 15 is 0 Å². The molecule has 3 heterocycles. The largest absolute Gasteiger partial charge is 0.306 e. The number of nitrogens with zero attached hydrogens (tertiary/aromatic N) is 5. The highest BCUT2D eigenvalue weighted by Gasteiger charge is 2.43. The third-order valence-corrected chi connectivity index (χ3v) is 7.38. The normalized spacial score (nSPS) is 40.7. The van der Waals surface area contributed by atoms with Gasteiger partial charge in [-0.05, 0) is 81.1 Å². The summed E-state index contributed by atoms with van der Waals surface area (Å²) in [5.74, 6) is 0. The van der Waals surface area contributed by atoms with Gasteiger partial charge in [0, 0.05) is 43.3 Å². The van der Waals surface area contributed by atoms with Crippen molar-refractivity contribution in [1.82, 2.24) is 24.5 Å². The van der Waals surface area contributed by atoms with E-state index < -0.39 is 0 Å². The summed E-state index contributed by atoms with van der Waals surface area (Å²) in [6.07, 6.45) is 6.76. The molecule has 5 atom stereocenters. The molecule has 5 unspecified atom stereocenters. The molecule has 0 radical (unpaired) electrons. The lowest BCUT2D eigenvalue weighted by Crippen LogP contribution is -2.68. The summed E-state index contributed by atoms with van der Waals surface area (Å²) in [6, 6.07) is 3.44. The third kappa shape index (κ3) is 4.22. The van der Waals surface area contributed by atoms with E-state index in [0.717, 1.165) is 12.1 Å². The highest BCUT2D eigenvalue weighted by atomic mass is 15.4. The van der Waals surface area contributed by atoms with E-state index in [9.17, 15) is 0 Å². The van der Waals surface area contributed by atoms with Crippen molar-refractivity contribution in [2.24, 2.45) is 0 Å². The van der Waals surface area contributed by atoms with Gasteiger partial charge in [0.25, 0.3) is 0 Å². The zero-order valence-electron chi connectivity index (χ0n) is 17.5. The average molecular weight is 352 g/mol. The molecule has 0 spiro atoms. The molecule has 3 aliphatic rings. The van der Waals surface area contributed by atoms with E-state index in [1.165, 1.54) is 58.3 Å². The number of hydrogen-bond donors (Lipinski definition) is 0. The summed E-state index contributed by atoms with van der Waals surface area (Å²) >= 11 is 0. The summed E-state index contributed by atoms with van der Waals surface area (Å²) in [6.45, 7) is 4.93. The summed E-state index contributed by atoms with van der Waals surface area (Å²) < 4.78 is 0. The first-order valence-electron chi connectivity index (χ1n) is 10.4. The van der Waals surface area contributed by atoms with Crippen molar-refractivity contribution in [3.8, 4) is 0 Å². The van der Waals surface area contributed by atoms with Gasteiger partial charge in [-0.25, -0.2) is 0 Å². The summed E-state index contributed by atoms with van der Waals surface area (Å²) in [4.78, 5) is 13.1. The average Bonchev–Trinajstić information content (AvgIpc) is 2.57. The minimum absolute atomic E-state index is 0.645. The number of hydrogen-bond acceptors (Lipinski definition) is 5. The predicted molar refractivity (Wildman–Crippen MR) is 106 cm³/mol. The van der Waals surface area contributed by atoms with Crippen molar-refractivity contribution in [1.29, 1.82) is 0 Å². The van der Waals surface area contributed by atoms with Gasteiger partial charge in [-0.15, -0.1) is 0 Å². The van der Waals surface area contributed by atoms with E-state index in [2.05, 4.69) is 66.8 Å². The summed E-state index contributed by atoms with van der Waals surface area (Å²) in [7, 11) is 13.9. The lowest BCUT2D eigenvalue weighted by atomic mass is 9.86. The maximum Gasteiger partial charge on any atom is 0.0380 e. The van der Waals surface area contributed by atoms with Crippen LogP contribution in [0.2, 0.25) is 0 Å². The Morgan fingerprint density at radius 3 is 2.00 bits per heavy atom. The highest BCUT2D eigenvalue weighted by Crippen LogP contribution is 2.30. The van der Waals surface area contributed by atoms with E-state index in [1.54, 1.807) is 0 Å². The molecule has 0 N–H and O–H groups in total. The highest BCUT2D eigenvalue weighted by molar-refractivity contribution is 5.01. The van der Waals surface area contributed by atoms with Crippen LogP contribution in [-0.4, -0.2) is 123 Å². The SMILES string of the molecule is CN1CC(C2CCCCN2C)N(C)C(C2CC(N(C)C)CCN2C)C1. The van der Waals surface area contributed by atoms with Crippen molar-refractivity contribution in [3.05, 3.63) is 0 Å². The van der Waals surface area contributed by atoms with Gasteiger partial charge >= 0.3 is 0 Å². The molecular weight excluding hydrogens is 310 g/mol. The van der Waals surface area contributed by atoms with Crippen LogP contribution in [-0.2, 0) is 0 Å². The second kappa shape index (κ2) is 8.22. The molecule has 3 saturated heterocycles. The Hall–Kier alpha value is -0.200. The number of likely N-dealkylation sites (tertiary alicyclic amines) is 2. The molecule has 25 heavy (non-hydrogen) atoms. The first kappa shape index (κ1) is 19.6. The molecule has 146 valence electrons. The Labute approximate surface area is 155 Å². The van der Waals surface area contributed by atoms with Crippen LogP contribution in [0.15, 0.2) is 0 Å². The van der Waals surface area contributed by atoms with Crippen LogP contribution in [0.25, 0.3) is 0 Å². The number of piperazine rings is 1. The lowest BCUT2D eigenvalue weighted by Gasteiger charge is -2.54. The standard InChI is InChI=1S/C20H41N5/c1-21(2)16-10-12-24(5)18(13-16)20-15-22(3)14-19(25(20)6)17-9-7-8-11-23(17)4/h16-20H,7-15H2,1-6H3. The molecule has 0 aromatic carbocycles. The fourth-order valence-corrected chi connectivity index (χ4v) is 5.60. The number of piperidine rings is 2. The first-order chi connectivity index (χ1) is 11.9. The molecular formula is C20H41N5. The maximum atomic E-state index is 2.77. The Morgan fingerprint density at radius 2 is 1.36 bits per heavy atom. The zero-order chi connectivity index (χ0) is 18.1. The molecule has 0 amide bonds. The van der Waals surface area contributed by atoms with Crippen LogP contribution in [0.4, 0.5) is 0 Å². The van der Waals surface area contributed by atoms with Crippen molar-refractivity contribution in [3.63, 3.8) is 0 Å². The second-order valence-electron chi connectivity index (χ2n) is 9.25. The van der Waals surface area contributed by atoms with Crippen LogP contribution in [0.5, 0.6) is 0 Å². The van der Waals surface area contributed by atoms with Gasteiger partial charge in [-0.2, -0.15) is 0 Å². The molecule has 0 aromatic rings. The number of rotatable bonds is 3. The maximum absolute atomic E-state index is 2.77. The minimum Gasteiger partial charge on any atom is -0.306 e. The molecule has 0 aliphatic carbocycles. The molecule has 5 nitrogen and oxygen atoms in total. The molecule has 0 bridgehead atoms. The topological polar surface area (TPSA) is 16.2 Å². The Morgan fingerprint density at radius 1 is 0.720 bits per heavy atom. The van der Waals surface area contributed by atoms with Crippen molar-refractivity contribution in [2.75, 3.05) is 68.5 Å². The van der Waals surface area contributed by atoms with Crippen molar-refractivity contribution >= 4 is 0 Å². The molecule has 0 saturated carbocycles. The fourth-order valence-electron chi connectivity index (χ4n) is 5.60. The monoisotopic (exact) mass is 351 g/mol. The van der Waals surface area contributed by atoms with E-state index in [4.69, 9.17) is 0 Å².